The van der Waals surface area contributed by atoms with Crippen molar-refractivity contribution in [2.75, 3.05) is 5.75 Å². The van der Waals surface area contributed by atoms with E-state index in [1.54, 1.807) is 86.8 Å². The Morgan fingerprint density at radius 1 is 0.956 bits per heavy atom. The first-order valence-electron chi connectivity index (χ1n) is 14.0. The molecule has 2 aliphatic rings. The number of aliphatic carboxylic acids is 1. The maximum Gasteiger partial charge on any atom is 0.408 e. The second kappa shape index (κ2) is 13.2. The summed E-state index contributed by atoms with van der Waals surface area (Å²) >= 11 is 2.37. The van der Waals surface area contributed by atoms with Crippen LogP contribution in [0.5, 0.6) is 0 Å². The minimum absolute atomic E-state index is 0.0674. The van der Waals surface area contributed by atoms with Gasteiger partial charge in [-0.25, -0.2) is 14.4 Å². The highest BCUT2D eigenvalue weighted by atomic mass is 32.2. The summed E-state index contributed by atoms with van der Waals surface area (Å²) in [7, 11) is 0. The van der Waals surface area contributed by atoms with E-state index >= 15 is 0 Å². The zero-order valence-corrected chi connectivity index (χ0v) is 26.2. The molecule has 0 bridgehead atoms. The Hall–Kier alpha value is -4.62. The van der Waals surface area contributed by atoms with Crippen LogP contribution in [0, 0.1) is 0 Å². The number of hydrogen-bond acceptors (Lipinski definition) is 9. The van der Waals surface area contributed by atoms with E-state index in [9.17, 15) is 29.1 Å². The molecule has 3 atom stereocenters. The van der Waals surface area contributed by atoms with Crippen LogP contribution >= 0.6 is 23.1 Å². The third-order valence-electron chi connectivity index (χ3n) is 6.90. The summed E-state index contributed by atoms with van der Waals surface area (Å²) in [5, 5.41) is 16.3. The Bertz CT molecular complexity index is 1580. The Balaban J connectivity index is 1.34. The number of nitrogens with one attached hydrogen (secondary N) is 2. The lowest BCUT2D eigenvalue weighted by Gasteiger charge is -2.49. The number of amides is 3. The van der Waals surface area contributed by atoms with E-state index in [0.717, 1.165) is 16.7 Å². The standard InChI is InChI=1S/C32H31N3O8S2/c1-32(2,3)43-31(41)34-22(21-15-10-16-44-21)26(36)33-23-27(37)35-24(29(38)39)20(17-45-28(23)35)30(40)42-25(18-11-6-4-7-12-18)19-13-8-5-9-14-19/h4-16,22-23,25,28H,17H2,1-3H3,(H,33,36)(H,34,41)(H,38,39)/t22?,23?,28-/m1/s1. The van der Waals surface area contributed by atoms with Gasteiger partial charge < -0.3 is 25.2 Å². The quantitative estimate of drug-likeness (QED) is 0.227. The van der Waals surface area contributed by atoms with E-state index in [2.05, 4.69) is 10.6 Å². The van der Waals surface area contributed by atoms with Crippen molar-refractivity contribution >= 4 is 52.9 Å². The number of alkyl carbamates (subject to hydrolysis) is 1. The number of carboxylic acids is 1. The molecule has 11 nitrogen and oxygen atoms in total. The van der Waals surface area contributed by atoms with E-state index in [1.165, 1.54) is 11.3 Å². The molecule has 2 unspecified atom stereocenters. The molecule has 0 radical (unpaired) electrons. The van der Waals surface area contributed by atoms with Gasteiger partial charge in [-0.15, -0.1) is 23.1 Å². The summed E-state index contributed by atoms with van der Waals surface area (Å²) in [6, 6.07) is 19.2. The first-order chi connectivity index (χ1) is 21.4. The van der Waals surface area contributed by atoms with Crippen molar-refractivity contribution in [2.45, 2.75) is 49.9 Å². The molecule has 0 spiro atoms. The van der Waals surface area contributed by atoms with E-state index in [0.29, 0.717) is 16.0 Å². The molecular weight excluding hydrogens is 618 g/mol. The predicted octanol–water partition coefficient (Wildman–Crippen LogP) is 4.39. The van der Waals surface area contributed by atoms with Gasteiger partial charge in [0.1, 0.15) is 28.8 Å². The SMILES string of the molecule is CC(C)(C)OC(=O)NC(C(=O)NC1C(=O)N2C(C(=O)O)=C(C(=O)OC(c3ccccc3)c3ccccc3)CS[C@H]12)c1cccs1. The number of thioether (sulfide) groups is 1. The first-order valence-corrected chi connectivity index (χ1v) is 15.9. The topological polar surface area (TPSA) is 151 Å². The van der Waals surface area contributed by atoms with Crippen LogP contribution in [0.3, 0.4) is 0 Å². The maximum atomic E-state index is 13.5. The van der Waals surface area contributed by atoms with Gasteiger partial charge >= 0.3 is 18.0 Å². The molecular formula is C32H31N3O8S2. The van der Waals surface area contributed by atoms with Gasteiger partial charge in [0.25, 0.3) is 5.91 Å². The molecule has 3 amide bonds. The van der Waals surface area contributed by atoms with Crippen LogP contribution in [-0.2, 0) is 28.7 Å². The fourth-order valence-corrected chi connectivity index (χ4v) is 7.02. The van der Waals surface area contributed by atoms with Crippen molar-refractivity contribution in [1.29, 1.82) is 0 Å². The number of carboxylic acid groups (broad SMARTS) is 1. The van der Waals surface area contributed by atoms with Gasteiger partial charge in [-0.05, 0) is 43.3 Å². The second-order valence-corrected chi connectivity index (χ2v) is 13.3. The lowest BCUT2D eigenvalue weighted by molar-refractivity contribution is -0.152. The van der Waals surface area contributed by atoms with Gasteiger partial charge in [0.15, 0.2) is 6.10 Å². The third kappa shape index (κ3) is 7.04. The lowest BCUT2D eigenvalue weighted by Crippen LogP contribution is -2.71. The minimum atomic E-state index is -1.47. The molecule has 45 heavy (non-hydrogen) atoms. The van der Waals surface area contributed by atoms with E-state index in [-0.39, 0.29) is 11.3 Å². The van der Waals surface area contributed by atoms with Crippen LogP contribution in [0.1, 0.15) is 48.9 Å². The summed E-state index contributed by atoms with van der Waals surface area (Å²) in [6.45, 7) is 5.07. The molecule has 1 aromatic heterocycles. The number of β-lactam (4-membered cyclic amide) rings is 1. The largest absolute Gasteiger partial charge is 0.477 e. The Labute approximate surface area is 267 Å². The molecule has 2 aromatic carbocycles. The van der Waals surface area contributed by atoms with Crippen molar-refractivity contribution in [3.63, 3.8) is 0 Å². The molecule has 13 heteroatoms. The highest BCUT2D eigenvalue weighted by Gasteiger charge is 2.55. The minimum Gasteiger partial charge on any atom is -0.477 e. The van der Waals surface area contributed by atoms with Crippen LogP contribution in [0.4, 0.5) is 4.79 Å². The number of hydrogen-bond donors (Lipinski definition) is 3. The van der Waals surface area contributed by atoms with Crippen molar-refractivity contribution in [2.24, 2.45) is 0 Å². The van der Waals surface area contributed by atoms with Gasteiger partial charge in [-0.2, -0.15) is 0 Å². The van der Waals surface area contributed by atoms with E-state index in [1.807, 2.05) is 12.1 Å². The normalized spacial score (nSPS) is 18.4. The number of carbonyl (C=O) groups excluding carboxylic acids is 4. The van der Waals surface area contributed by atoms with E-state index < -0.39 is 64.7 Å². The van der Waals surface area contributed by atoms with Crippen LogP contribution in [0.15, 0.2) is 89.4 Å². The molecule has 5 rings (SSSR count). The number of ether oxygens (including phenoxy) is 2. The number of fused-ring (bicyclic) bond motifs is 1. The summed E-state index contributed by atoms with van der Waals surface area (Å²) in [5.74, 6) is -3.77. The molecule has 234 valence electrons. The highest BCUT2D eigenvalue weighted by Crippen LogP contribution is 2.41. The number of esters is 1. The van der Waals surface area contributed by atoms with Crippen LogP contribution < -0.4 is 10.6 Å². The summed E-state index contributed by atoms with van der Waals surface area (Å²) < 4.78 is 11.2. The Kier molecular flexibility index (Phi) is 9.30. The van der Waals surface area contributed by atoms with Crippen molar-refractivity contribution < 1.29 is 38.6 Å². The maximum absolute atomic E-state index is 13.5. The van der Waals surface area contributed by atoms with Gasteiger partial charge in [0, 0.05) is 10.6 Å². The fourth-order valence-electron chi connectivity index (χ4n) is 4.92. The number of nitrogens with zero attached hydrogens (tertiary/aromatic N) is 1. The average Bonchev–Trinajstić information content (AvgIpc) is 3.55. The zero-order valence-electron chi connectivity index (χ0n) is 24.6. The molecule has 0 saturated carbocycles. The van der Waals surface area contributed by atoms with Crippen LogP contribution in [0.25, 0.3) is 0 Å². The van der Waals surface area contributed by atoms with Crippen molar-refractivity contribution in [3.05, 3.63) is 105 Å². The number of carbonyl (C=O) groups is 5. The van der Waals surface area contributed by atoms with E-state index in [4.69, 9.17) is 9.47 Å². The predicted molar refractivity (Wildman–Crippen MR) is 167 cm³/mol. The molecule has 0 aliphatic carbocycles. The molecule has 3 heterocycles. The second-order valence-electron chi connectivity index (χ2n) is 11.2. The molecule has 1 fully saturated rings. The molecule has 1 saturated heterocycles. The zero-order chi connectivity index (χ0) is 32.3. The highest BCUT2D eigenvalue weighted by molar-refractivity contribution is 8.00. The smallest absolute Gasteiger partial charge is 0.408 e. The average molecular weight is 650 g/mol. The summed E-state index contributed by atoms with van der Waals surface area (Å²) in [5.41, 5.74) is -0.0646. The van der Waals surface area contributed by atoms with Crippen molar-refractivity contribution in [3.8, 4) is 0 Å². The van der Waals surface area contributed by atoms with Crippen LogP contribution in [-0.4, -0.2) is 62.6 Å². The molecule has 3 N–H and O–H groups in total. The van der Waals surface area contributed by atoms with Gasteiger partial charge in [-0.3, -0.25) is 14.5 Å². The summed E-state index contributed by atoms with van der Waals surface area (Å²) in [6.07, 6.45) is -1.62. The monoisotopic (exact) mass is 649 g/mol. The fraction of sp³-hybridized carbons (Fsp3) is 0.281. The first kappa shape index (κ1) is 31.8. The molecule has 3 aromatic rings. The number of rotatable bonds is 9. The van der Waals surface area contributed by atoms with Crippen LogP contribution in [0.2, 0.25) is 0 Å². The van der Waals surface area contributed by atoms with Gasteiger partial charge in [0.2, 0.25) is 5.91 Å². The Morgan fingerprint density at radius 2 is 1.58 bits per heavy atom. The Morgan fingerprint density at radius 3 is 2.11 bits per heavy atom. The lowest BCUT2D eigenvalue weighted by atomic mass is 10.0. The number of benzene rings is 2. The van der Waals surface area contributed by atoms with Gasteiger partial charge in [0.05, 0.1) is 5.57 Å². The number of thiophene rings is 1. The third-order valence-corrected chi connectivity index (χ3v) is 9.11. The van der Waals surface area contributed by atoms with Gasteiger partial charge in [-0.1, -0.05) is 66.7 Å². The summed E-state index contributed by atoms with van der Waals surface area (Å²) in [4.78, 5) is 66.7. The molecule has 2 aliphatic heterocycles. The van der Waals surface area contributed by atoms with Crippen molar-refractivity contribution in [1.82, 2.24) is 15.5 Å².